The first kappa shape index (κ1) is 21.1. The monoisotopic (exact) mass is 453 g/mol. The van der Waals surface area contributed by atoms with E-state index in [1.807, 2.05) is 54.6 Å². The Morgan fingerprint density at radius 2 is 1.74 bits per heavy atom. The van der Waals surface area contributed by atoms with E-state index in [1.54, 1.807) is 6.07 Å². The van der Waals surface area contributed by atoms with Crippen LogP contribution in [0.3, 0.4) is 0 Å². The van der Waals surface area contributed by atoms with Gasteiger partial charge in [0.25, 0.3) is 0 Å². The lowest BCUT2D eigenvalue weighted by molar-refractivity contribution is 0.0602. The zero-order valence-electron chi connectivity index (χ0n) is 17.1. The van der Waals surface area contributed by atoms with Gasteiger partial charge in [-0.2, -0.15) is 0 Å². The highest BCUT2D eigenvalue weighted by molar-refractivity contribution is 7.80. The van der Waals surface area contributed by atoms with Crippen molar-refractivity contribution in [2.45, 2.75) is 0 Å². The molecule has 0 amide bonds. The molecule has 2 aromatic carbocycles. The van der Waals surface area contributed by atoms with Crippen molar-refractivity contribution in [3.63, 3.8) is 0 Å². The smallest absolute Gasteiger partial charge is 0.340 e. The van der Waals surface area contributed by atoms with Gasteiger partial charge in [-0.1, -0.05) is 42.5 Å². The topological polar surface area (TPSA) is 65.0 Å². The molecule has 0 spiro atoms. The summed E-state index contributed by atoms with van der Waals surface area (Å²) in [6.45, 7) is 2.90. The van der Waals surface area contributed by atoms with Crippen molar-refractivity contribution in [2.24, 2.45) is 0 Å². The van der Waals surface area contributed by atoms with Crippen LogP contribution in [0, 0.1) is 0 Å². The third kappa shape index (κ3) is 4.65. The van der Waals surface area contributed by atoms with E-state index in [1.165, 1.54) is 18.4 Å². The number of aromatic hydroxyl groups is 1. The number of carbonyl (C=O) groups excluding carboxylic acids is 1. The Bertz CT molecular complexity index is 1080. The number of nitrogens with zero attached hydrogens (tertiary/aromatic N) is 2. The number of rotatable bonds is 4. The number of thiocarbonyl (C=S) groups is 1. The van der Waals surface area contributed by atoms with Gasteiger partial charge in [0.15, 0.2) is 5.11 Å². The minimum Gasteiger partial charge on any atom is -0.506 e. The van der Waals surface area contributed by atoms with Crippen molar-refractivity contribution >= 4 is 45.3 Å². The number of anilines is 2. The van der Waals surface area contributed by atoms with E-state index in [2.05, 4.69) is 15.1 Å². The Hall–Kier alpha value is -3.10. The first-order valence-corrected chi connectivity index (χ1v) is 11.2. The molecule has 0 radical (unpaired) electrons. The van der Waals surface area contributed by atoms with Crippen LogP contribution in [-0.2, 0) is 4.74 Å². The minimum atomic E-state index is -0.395. The second kappa shape index (κ2) is 9.36. The van der Waals surface area contributed by atoms with E-state index in [9.17, 15) is 9.90 Å². The number of nitrogens with one attached hydrogen (secondary N) is 1. The zero-order chi connectivity index (χ0) is 21.8. The van der Waals surface area contributed by atoms with E-state index in [0.717, 1.165) is 29.2 Å². The fraction of sp³-hybridized carbons (Fsp3) is 0.217. The van der Waals surface area contributed by atoms with Gasteiger partial charge < -0.3 is 25.0 Å². The van der Waals surface area contributed by atoms with Gasteiger partial charge in [-0.05, 0) is 36.0 Å². The molecule has 31 heavy (non-hydrogen) atoms. The van der Waals surface area contributed by atoms with Crippen LogP contribution in [0.25, 0.3) is 10.4 Å². The number of esters is 1. The Kier molecular flexibility index (Phi) is 6.39. The SMILES string of the molecule is COC(=O)c1cc(-c2ccccc2)sc1NC(=S)N1CCN(c2ccccc2O)CC1. The normalized spacial score (nSPS) is 13.7. The van der Waals surface area contributed by atoms with E-state index in [4.69, 9.17) is 17.0 Å². The van der Waals surface area contributed by atoms with Crippen LogP contribution >= 0.6 is 23.6 Å². The summed E-state index contributed by atoms with van der Waals surface area (Å²) in [5.41, 5.74) is 2.34. The molecule has 1 fully saturated rings. The maximum absolute atomic E-state index is 12.3. The van der Waals surface area contributed by atoms with Gasteiger partial charge in [-0.15, -0.1) is 11.3 Å². The van der Waals surface area contributed by atoms with Gasteiger partial charge in [-0.3, -0.25) is 0 Å². The summed E-state index contributed by atoms with van der Waals surface area (Å²) in [5.74, 6) is -0.112. The second-order valence-corrected chi connectivity index (χ2v) is 8.54. The summed E-state index contributed by atoms with van der Waals surface area (Å²) < 4.78 is 4.97. The fourth-order valence-corrected chi connectivity index (χ4v) is 4.95. The molecule has 0 bridgehead atoms. The lowest BCUT2D eigenvalue weighted by atomic mass is 10.1. The number of benzene rings is 2. The Labute approximate surface area is 190 Å². The summed E-state index contributed by atoms with van der Waals surface area (Å²) in [6.07, 6.45) is 0. The predicted molar refractivity (Wildman–Crippen MR) is 129 cm³/mol. The van der Waals surface area contributed by atoms with Crippen LogP contribution in [0.5, 0.6) is 5.75 Å². The summed E-state index contributed by atoms with van der Waals surface area (Å²) in [4.78, 5) is 17.5. The van der Waals surface area contributed by atoms with Gasteiger partial charge in [0, 0.05) is 31.1 Å². The third-order valence-electron chi connectivity index (χ3n) is 5.21. The first-order chi connectivity index (χ1) is 15.1. The quantitative estimate of drug-likeness (QED) is 0.448. The number of ether oxygens (including phenoxy) is 1. The van der Waals surface area contributed by atoms with Crippen molar-refractivity contribution in [1.29, 1.82) is 0 Å². The molecule has 6 nitrogen and oxygen atoms in total. The van der Waals surface area contributed by atoms with E-state index in [0.29, 0.717) is 28.8 Å². The molecule has 1 aliphatic heterocycles. The lowest BCUT2D eigenvalue weighted by Crippen LogP contribution is -2.50. The number of hydrogen-bond acceptors (Lipinski definition) is 6. The third-order valence-corrected chi connectivity index (χ3v) is 6.67. The summed E-state index contributed by atoms with van der Waals surface area (Å²) in [6, 6.07) is 19.1. The van der Waals surface area contributed by atoms with E-state index < -0.39 is 5.97 Å². The van der Waals surface area contributed by atoms with Crippen molar-refractivity contribution in [2.75, 3.05) is 43.5 Å². The molecule has 0 atom stereocenters. The highest BCUT2D eigenvalue weighted by Gasteiger charge is 2.23. The zero-order valence-corrected chi connectivity index (χ0v) is 18.7. The van der Waals surface area contributed by atoms with Crippen LogP contribution in [-0.4, -0.2) is 54.4 Å². The van der Waals surface area contributed by atoms with Crippen LogP contribution in [0.2, 0.25) is 0 Å². The highest BCUT2D eigenvalue weighted by atomic mass is 32.1. The molecule has 4 rings (SSSR count). The number of para-hydroxylation sites is 2. The van der Waals surface area contributed by atoms with Crippen LogP contribution in [0.15, 0.2) is 60.7 Å². The summed E-state index contributed by atoms with van der Waals surface area (Å²) in [7, 11) is 1.38. The Balaban J connectivity index is 1.47. The fourth-order valence-electron chi connectivity index (χ4n) is 3.55. The predicted octanol–water partition coefficient (Wildman–Crippen LogP) is 4.43. The Morgan fingerprint density at radius 1 is 1.06 bits per heavy atom. The van der Waals surface area contributed by atoms with Crippen molar-refractivity contribution in [3.8, 4) is 16.2 Å². The molecule has 2 N–H and O–H groups in total. The van der Waals surface area contributed by atoms with Gasteiger partial charge in [0.05, 0.1) is 18.4 Å². The average molecular weight is 454 g/mol. The van der Waals surface area contributed by atoms with Crippen LogP contribution in [0.4, 0.5) is 10.7 Å². The molecule has 0 aliphatic carbocycles. The number of phenols is 1. The second-order valence-electron chi connectivity index (χ2n) is 7.10. The summed E-state index contributed by atoms with van der Waals surface area (Å²) in [5, 5.41) is 14.6. The molecule has 1 saturated heterocycles. The summed E-state index contributed by atoms with van der Waals surface area (Å²) >= 11 is 7.13. The van der Waals surface area contributed by atoms with Gasteiger partial charge in [0.1, 0.15) is 10.8 Å². The molecule has 2 heterocycles. The van der Waals surface area contributed by atoms with Crippen molar-refractivity contribution < 1.29 is 14.6 Å². The highest BCUT2D eigenvalue weighted by Crippen LogP contribution is 2.36. The van der Waals surface area contributed by atoms with Gasteiger partial charge in [-0.25, -0.2) is 4.79 Å². The number of thiophene rings is 1. The molecular weight excluding hydrogens is 430 g/mol. The molecular formula is C23H23N3O3S2. The molecule has 0 unspecified atom stereocenters. The number of phenolic OH excluding ortho intramolecular Hbond substituents is 1. The molecule has 160 valence electrons. The van der Waals surface area contributed by atoms with E-state index in [-0.39, 0.29) is 5.75 Å². The average Bonchev–Trinajstić information content (AvgIpc) is 3.23. The largest absolute Gasteiger partial charge is 0.506 e. The van der Waals surface area contributed by atoms with Crippen LogP contribution in [0.1, 0.15) is 10.4 Å². The maximum Gasteiger partial charge on any atom is 0.340 e. The maximum atomic E-state index is 12.3. The van der Waals surface area contributed by atoms with Gasteiger partial charge in [0.2, 0.25) is 0 Å². The van der Waals surface area contributed by atoms with Gasteiger partial charge >= 0.3 is 5.97 Å². The van der Waals surface area contributed by atoms with Crippen LogP contribution < -0.4 is 10.2 Å². The molecule has 3 aromatic rings. The lowest BCUT2D eigenvalue weighted by Gasteiger charge is -2.37. The van der Waals surface area contributed by atoms with Crippen molar-refractivity contribution in [1.82, 2.24) is 4.90 Å². The van der Waals surface area contributed by atoms with E-state index >= 15 is 0 Å². The number of piperazine rings is 1. The number of methoxy groups -OCH3 is 1. The molecule has 0 saturated carbocycles. The molecule has 8 heteroatoms. The Morgan fingerprint density at radius 3 is 2.42 bits per heavy atom. The van der Waals surface area contributed by atoms with Crippen molar-refractivity contribution in [3.05, 3.63) is 66.2 Å². The number of hydrogen-bond donors (Lipinski definition) is 2. The molecule has 1 aliphatic rings. The standard InChI is InChI=1S/C23H23N3O3S2/c1-29-22(28)17-15-20(16-7-3-2-4-8-16)31-21(17)24-23(30)26-13-11-25(12-14-26)18-9-5-6-10-19(18)27/h2-10,15,27H,11-14H2,1H3,(H,24,30). The first-order valence-electron chi connectivity index (χ1n) is 9.93. The number of carbonyl (C=O) groups is 1. The molecule has 1 aromatic heterocycles. The minimum absolute atomic E-state index is 0.284.